The molecule has 0 bridgehead atoms. The molecule has 5 heteroatoms. The summed E-state index contributed by atoms with van der Waals surface area (Å²) in [5.74, 6) is 1.04. The minimum atomic E-state index is 0.140. The highest BCUT2D eigenvalue weighted by atomic mass is 35.5. The maximum Gasteiger partial charge on any atom is 0.150 e. The van der Waals surface area contributed by atoms with E-state index in [1.807, 2.05) is 30.3 Å². The highest BCUT2D eigenvalue weighted by Gasteiger charge is 2.09. The van der Waals surface area contributed by atoms with E-state index in [9.17, 15) is 0 Å². The first-order valence-electron chi connectivity index (χ1n) is 6.05. The number of ether oxygens (including phenoxy) is 2. The Morgan fingerprint density at radius 3 is 2.65 bits per heavy atom. The van der Waals surface area contributed by atoms with Crippen molar-refractivity contribution in [3.63, 3.8) is 0 Å². The second-order valence-electron chi connectivity index (χ2n) is 4.08. The molecular weight excluding hydrogens is 276 g/mol. The van der Waals surface area contributed by atoms with Crippen molar-refractivity contribution in [1.29, 1.82) is 5.26 Å². The molecule has 0 N–H and O–H groups in total. The van der Waals surface area contributed by atoms with E-state index in [1.165, 1.54) is 6.20 Å². The van der Waals surface area contributed by atoms with Gasteiger partial charge in [-0.15, -0.1) is 0 Å². The third kappa shape index (κ3) is 3.47. The highest BCUT2D eigenvalue weighted by molar-refractivity contribution is 6.30. The number of hydrogen-bond acceptors (Lipinski definition) is 4. The van der Waals surface area contributed by atoms with Gasteiger partial charge in [0.1, 0.15) is 23.1 Å². The lowest BCUT2D eigenvalue weighted by Crippen LogP contribution is -1.95. The van der Waals surface area contributed by atoms with E-state index < -0.39 is 0 Å². The predicted octanol–water partition coefficient (Wildman–Crippen LogP) is 3.59. The van der Waals surface area contributed by atoms with Crippen LogP contribution in [0.3, 0.4) is 0 Å². The summed E-state index contributed by atoms with van der Waals surface area (Å²) in [6.07, 6.45) is 2.35. The van der Waals surface area contributed by atoms with Crippen LogP contribution < -0.4 is 4.74 Å². The molecule has 0 amide bonds. The van der Waals surface area contributed by atoms with Gasteiger partial charge in [-0.05, 0) is 24.1 Å². The third-order valence-electron chi connectivity index (χ3n) is 2.72. The van der Waals surface area contributed by atoms with Gasteiger partial charge in [-0.3, -0.25) is 0 Å². The van der Waals surface area contributed by atoms with Crippen LogP contribution in [0.15, 0.2) is 36.5 Å². The summed E-state index contributed by atoms with van der Waals surface area (Å²) in [6, 6.07) is 11.2. The molecule has 0 saturated carbocycles. The van der Waals surface area contributed by atoms with Gasteiger partial charge in [-0.1, -0.05) is 23.7 Å². The van der Waals surface area contributed by atoms with Crippen LogP contribution in [-0.4, -0.2) is 18.7 Å². The van der Waals surface area contributed by atoms with Crippen LogP contribution >= 0.6 is 11.6 Å². The largest absolute Gasteiger partial charge is 0.456 e. The van der Waals surface area contributed by atoms with Crippen LogP contribution in [0, 0.1) is 11.3 Å². The quantitative estimate of drug-likeness (QED) is 0.789. The van der Waals surface area contributed by atoms with Gasteiger partial charge in [0, 0.05) is 19.4 Å². The number of halogens is 1. The monoisotopic (exact) mass is 288 g/mol. The predicted molar refractivity (Wildman–Crippen MR) is 76.1 cm³/mol. The van der Waals surface area contributed by atoms with E-state index in [4.69, 9.17) is 26.3 Å². The van der Waals surface area contributed by atoms with E-state index in [-0.39, 0.29) is 10.7 Å². The lowest BCUT2D eigenvalue weighted by atomic mass is 10.1. The second-order valence-corrected chi connectivity index (χ2v) is 4.43. The van der Waals surface area contributed by atoms with Crippen LogP contribution in [0.2, 0.25) is 5.15 Å². The normalized spacial score (nSPS) is 10.1. The summed E-state index contributed by atoms with van der Waals surface area (Å²) < 4.78 is 10.7. The topological polar surface area (TPSA) is 55.1 Å². The molecule has 0 atom stereocenters. The van der Waals surface area contributed by atoms with Crippen molar-refractivity contribution in [2.45, 2.75) is 6.42 Å². The molecule has 0 fully saturated rings. The minimum absolute atomic E-state index is 0.140. The molecule has 0 radical (unpaired) electrons. The number of pyridine rings is 1. The van der Waals surface area contributed by atoms with Crippen molar-refractivity contribution < 1.29 is 9.47 Å². The Kier molecular flexibility index (Phi) is 4.94. The van der Waals surface area contributed by atoms with E-state index in [0.29, 0.717) is 18.1 Å². The van der Waals surface area contributed by atoms with Crippen LogP contribution in [0.4, 0.5) is 0 Å². The zero-order valence-corrected chi connectivity index (χ0v) is 11.7. The molecule has 2 rings (SSSR count). The van der Waals surface area contributed by atoms with Gasteiger partial charge in [-0.25, -0.2) is 4.98 Å². The Balaban J connectivity index is 2.15. The zero-order valence-electron chi connectivity index (χ0n) is 11.0. The SMILES string of the molecule is COCCc1ccc(Oc2ccnc(Cl)c2C#N)cc1. The smallest absolute Gasteiger partial charge is 0.150 e. The zero-order chi connectivity index (χ0) is 14.4. The molecule has 0 aliphatic carbocycles. The number of aromatic nitrogens is 1. The maximum absolute atomic E-state index is 9.05. The fraction of sp³-hybridized carbons (Fsp3) is 0.200. The molecule has 102 valence electrons. The Hall–Kier alpha value is -2.09. The van der Waals surface area contributed by atoms with Crippen LogP contribution in [0.5, 0.6) is 11.5 Å². The fourth-order valence-electron chi connectivity index (χ4n) is 1.68. The lowest BCUT2D eigenvalue weighted by molar-refractivity contribution is 0.202. The first-order valence-corrected chi connectivity index (χ1v) is 6.42. The average molecular weight is 289 g/mol. The second kappa shape index (κ2) is 6.90. The van der Waals surface area contributed by atoms with Crippen LogP contribution in [0.25, 0.3) is 0 Å². The summed E-state index contributed by atoms with van der Waals surface area (Å²) in [7, 11) is 1.67. The summed E-state index contributed by atoms with van der Waals surface area (Å²) in [4.78, 5) is 3.85. The van der Waals surface area contributed by atoms with Gasteiger partial charge < -0.3 is 9.47 Å². The van der Waals surface area contributed by atoms with Gasteiger partial charge in [0.15, 0.2) is 5.15 Å². The summed E-state index contributed by atoms with van der Waals surface area (Å²) in [5.41, 5.74) is 1.39. The van der Waals surface area contributed by atoms with Crippen molar-refractivity contribution in [3.8, 4) is 17.6 Å². The minimum Gasteiger partial charge on any atom is -0.456 e. The first-order chi connectivity index (χ1) is 9.74. The van der Waals surface area contributed by atoms with E-state index in [2.05, 4.69) is 4.98 Å². The standard InChI is InChI=1S/C15H13ClN2O2/c1-19-9-7-11-2-4-12(5-3-11)20-14-6-8-18-15(16)13(14)10-17/h2-6,8H,7,9H2,1H3. The molecule has 2 aromatic rings. The number of hydrogen-bond donors (Lipinski definition) is 0. The number of nitriles is 1. The van der Waals surface area contributed by atoms with Gasteiger partial charge in [-0.2, -0.15) is 5.26 Å². The molecule has 0 saturated heterocycles. The van der Waals surface area contributed by atoms with Crippen LogP contribution in [-0.2, 0) is 11.2 Å². The molecular formula is C15H13ClN2O2. The van der Waals surface area contributed by atoms with Crippen molar-refractivity contribution in [2.24, 2.45) is 0 Å². The van der Waals surface area contributed by atoms with Crippen molar-refractivity contribution in [2.75, 3.05) is 13.7 Å². The first kappa shape index (κ1) is 14.3. The Morgan fingerprint density at radius 2 is 2.00 bits per heavy atom. The molecule has 20 heavy (non-hydrogen) atoms. The molecule has 0 unspecified atom stereocenters. The molecule has 1 heterocycles. The molecule has 1 aromatic carbocycles. The van der Waals surface area contributed by atoms with Crippen molar-refractivity contribution in [1.82, 2.24) is 4.98 Å². The number of rotatable bonds is 5. The third-order valence-corrected chi connectivity index (χ3v) is 3.01. The Morgan fingerprint density at radius 1 is 1.25 bits per heavy atom. The van der Waals surface area contributed by atoms with E-state index in [1.54, 1.807) is 13.2 Å². The van der Waals surface area contributed by atoms with Gasteiger partial charge in [0.2, 0.25) is 0 Å². The van der Waals surface area contributed by atoms with E-state index in [0.717, 1.165) is 12.0 Å². The molecule has 1 aromatic heterocycles. The fourth-order valence-corrected chi connectivity index (χ4v) is 1.87. The number of benzene rings is 1. The molecule has 0 spiro atoms. The summed E-state index contributed by atoms with van der Waals surface area (Å²) in [6.45, 7) is 0.679. The van der Waals surface area contributed by atoms with E-state index >= 15 is 0 Å². The van der Waals surface area contributed by atoms with Gasteiger partial charge >= 0.3 is 0 Å². The number of methoxy groups -OCH3 is 1. The van der Waals surface area contributed by atoms with Gasteiger partial charge in [0.25, 0.3) is 0 Å². The van der Waals surface area contributed by atoms with Gasteiger partial charge in [0.05, 0.1) is 6.61 Å². The molecule has 0 aliphatic heterocycles. The Bertz CT molecular complexity index is 621. The Labute approximate surface area is 122 Å². The molecule has 4 nitrogen and oxygen atoms in total. The van der Waals surface area contributed by atoms with Crippen molar-refractivity contribution >= 4 is 11.6 Å². The van der Waals surface area contributed by atoms with Crippen LogP contribution in [0.1, 0.15) is 11.1 Å². The maximum atomic E-state index is 9.05. The summed E-state index contributed by atoms with van der Waals surface area (Å²) >= 11 is 5.85. The van der Waals surface area contributed by atoms with Crippen molar-refractivity contribution in [3.05, 3.63) is 52.8 Å². The lowest BCUT2D eigenvalue weighted by Gasteiger charge is -2.08. The number of nitrogens with zero attached hydrogens (tertiary/aromatic N) is 2. The highest BCUT2D eigenvalue weighted by Crippen LogP contribution is 2.28. The average Bonchev–Trinajstić information content (AvgIpc) is 2.47. The summed E-state index contributed by atoms with van der Waals surface area (Å²) in [5, 5.41) is 9.19. The molecule has 0 aliphatic rings.